The van der Waals surface area contributed by atoms with Crippen LogP contribution >= 0.6 is 11.6 Å². The Kier molecular flexibility index (Phi) is 3.55. The van der Waals surface area contributed by atoms with Crippen LogP contribution in [0.1, 0.15) is 46.7 Å². The fraction of sp³-hybridized carbons (Fsp3) is 0.562. The van der Waals surface area contributed by atoms with Gasteiger partial charge in [0.25, 0.3) is 0 Å². The highest BCUT2D eigenvalue weighted by atomic mass is 35.5. The summed E-state index contributed by atoms with van der Waals surface area (Å²) in [6, 6.07) is 1.71. The van der Waals surface area contributed by atoms with E-state index in [-0.39, 0.29) is 11.5 Å². The van der Waals surface area contributed by atoms with Gasteiger partial charge in [-0.05, 0) is 27.2 Å². The molecule has 0 spiro atoms. The molecule has 124 valence electrons. The molecule has 2 aromatic rings. The summed E-state index contributed by atoms with van der Waals surface area (Å²) in [5.74, 6) is 0. The monoisotopic (exact) mass is 336 g/mol. The van der Waals surface area contributed by atoms with E-state index in [0.717, 1.165) is 17.8 Å². The Hall–Kier alpha value is -1.82. The summed E-state index contributed by atoms with van der Waals surface area (Å²) in [6.07, 6.45) is 2.14. The van der Waals surface area contributed by atoms with Gasteiger partial charge in [-0.2, -0.15) is 5.10 Å². The van der Waals surface area contributed by atoms with Gasteiger partial charge in [0.2, 0.25) is 0 Å². The lowest BCUT2D eigenvalue weighted by atomic mass is 9.81. The minimum absolute atomic E-state index is 0.148. The number of hydrogen-bond acceptors (Lipinski definition) is 4. The van der Waals surface area contributed by atoms with Gasteiger partial charge >= 0.3 is 6.09 Å². The highest BCUT2D eigenvalue weighted by molar-refractivity contribution is 6.29. The smallest absolute Gasteiger partial charge is 0.414 e. The van der Waals surface area contributed by atoms with Crippen LogP contribution in [0.4, 0.5) is 10.5 Å². The van der Waals surface area contributed by atoms with Crippen LogP contribution in [0.25, 0.3) is 5.65 Å². The second kappa shape index (κ2) is 5.09. The van der Waals surface area contributed by atoms with E-state index in [9.17, 15) is 4.79 Å². The Morgan fingerprint density at radius 3 is 2.74 bits per heavy atom. The van der Waals surface area contributed by atoms with Crippen LogP contribution in [0, 0.1) is 0 Å². The van der Waals surface area contributed by atoms with Gasteiger partial charge in [0.05, 0.1) is 17.6 Å². The van der Waals surface area contributed by atoms with Crippen molar-refractivity contribution in [3.05, 3.63) is 23.1 Å². The van der Waals surface area contributed by atoms with Crippen molar-refractivity contribution in [1.29, 1.82) is 0 Å². The number of carbonyl (C=O) groups is 1. The highest BCUT2D eigenvalue weighted by Crippen LogP contribution is 2.40. The minimum atomic E-state index is -0.545. The first-order valence-electron chi connectivity index (χ1n) is 7.64. The quantitative estimate of drug-likeness (QED) is 0.734. The zero-order valence-corrected chi connectivity index (χ0v) is 14.8. The van der Waals surface area contributed by atoms with E-state index in [1.165, 1.54) is 0 Å². The molecular formula is C16H21ClN4O2. The zero-order chi connectivity index (χ0) is 17.0. The van der Waals surface area contributed by atoms with Crippen molar-refractivity contribution in [2.75, 3.05) is 11.4 Å². The van der Waals surface area contributed by atoms with Crippen LogP contribution in [0.2, 0.25) is 5.15 Å². The highest BCUT2D eigenvalue weighted by Gasteiger charge is 2.38. The van der Waals surface area contributed by atoms with E-state index in [2.05, 4.69) is 23.9 Å². The minimum Gasteiger partial charge on any atom is -0.443 e. The van der Waals surface area contributed by atoms with Gasteiger partial charge in [-0.25, -0.2) is 14.3 Å². The Morgan fingerprint density at radius 2 is 2.09 bits per heavy atom. The van der Waals surface area contributed by atoms with E-state index in [0.29, 0.717) is 17.3 Å². The molecule has 0 radical (unpaired) electrons. The number of ether oxygens (including phenoxy) is 1. The molecule has 0 aromatic carbocycles. The summed E-state index contributed by atoms with van der Waals surface area (Å²) >= 11 is 6.03. The third-order valence-electron chi connectivity index (χ3n) is 3.94. The first-order valence-corrected chi connectivity index (χ1v) is 8.01. The van der Waals surface area contributed by atoms with Gasteiger partial charge in [-0.15, -0.1) is 0 Å². The van der Waals surface area contributed by atoms with Crippen LogP contribution in [-0.4, -0.2) is 32.8 Å². The van der Waals surface area contributed by atoms with Crippen LogP contribution in [-0.2, 0) is 10.2 Å². The molecule has 0 saturated carbocycles. The second-order valence-corrected chi connectivity index (χ2v) is 7.88. The normalized spacial score (nSPS) is 17.2. The summed E-state index contributed by atoms with van der Waals surface area (Å²) in [4.78, 5) is 18.6. The van der Waals surface area contributed by atoms with E-state index in [1.807, 2.05) is 20.8 Å². The number of rotatable bonds is 0. The van der Waals surface area contributed by atoms with Gasteiger partial charge in [-0.1, -0.05) is 25.4 Å². The van der Waals surface area contributed by atoms with E-state index >= 15 is 0 Å². The number of nitrogens with zero attached hydrogens (tertiary/aromatic N) is 4. The molecule has 3 heterocycles. The van der Waals surface area contributed by atoms with Crippen molar-refractivity contribution < 1.29 is 9.53 Å². The maximum Gasteiger partial charge on any atom is 0.414 e. The summed E-state index contributed by atoms with van der Waals surface area (Å²) in [6.45, 7) is 10.4. The van der Waals surface area contributed by atoms with Crippen LogP contribution in [0.5, 0.6) is 0 Å². The Morgan fingerprint density at radius 1 is 1.39 bits per heavy atom. The van der Waals surface area contributed by atoms with Gasteiger partial charge < -0.3 is 4.74 Å². The summed E-state index contributed by atoms with van der Waals surface area (Å²) < 4.78 is 7.25. The molecule has 1 aliphatic heterocycles. The standard InChI is InChI=1S/C16H21ClN4O2/c1-15(2,3)23-14(22)20-7-6-16(4,5)13-10(20)9-18-12-8-11(17)19-21(12)13/h8-9H,6-7H2,1-5H3. The van der Waals surface area contributed by atoms with Crippen molar-refractivity contribution in [2.24, 2.45) is 0 Å². The Bertz CT molecular complexity index is 776. The number of hydrogen-bond donors (Lipinski definition) is 0. The third kappa shape index (κ3) is 2.87. The van der Waals surface area contributed by atoms with E-state index in [4.69, 9.17) is 16.3 Å². The molecule has 2 aromatic heterocycles. The first kappa shape index (κ1) is 16.1. The molecule has 1 aliphatic rings. The lowest BCUT2D eigenvalue weighted by Gasteiger charge is -2.38. The third-order valence-corrected chi connectivity index (χ3v) is 4.13. The fourth-order valence-electron chi connectivity index (χ4n) is 2.86. The van der Waals surface area contributed by atoms with Crippen molar-refractivity contribution >= 4 is 29.0 Å². The van der Waals surface area contributed by atoms with Gasteiger partial charge in [0.15, 0.2) is 10.8 Å². The van der Waals surface area contributed by atoms with Crippen molar-refractivity contribution in [3.8, 4) is 0 Å². The number of halogens is 1. The lowest BCUT2D eigenvalue weighted by molar-refractivity contribution is 0.0573. The molecule has 0 atom stereocenters. The molecule has 6 nitrogen and oxygen atoms in total. The zero-order valence-electron chi connectivity index (χ0n) is 14.1. The molecule has 7 heteroatoms. The molecule has 1 amide bonds. The fourth-order valence-corrected chi connectivity index (χ4v) is 3.04. The number of carbonyl (C=O) groups excluding carboxylic acids is 1. The molecule has 23 heavy (non-hydrogen) atoms. The Balaban J connectivity index is 2.13. The number of fused-ring (bicyclic) bond motifs is 3. The molecule has 3 rings (SSSR count). The summed E-state index contributed by atoms with van der Waals surface area (Å²) in [7, 11) is 0. The van der Waals surface area contributed by atoms with E-state index in [1.54, 1.807) is 21.7 Å². The predicted octanol–water partition coefficient (Wildman–Crippen LogP) is 3.81. The Labute approximate surface area is 140 Å². The molecule has 0 unspecified atom stereocenters. The number of anilines is 1. The van der Waals surface area contributed by atoms with Gasteiger partial charge in [0.1, 0.15) is 5.60 Å². The van der Waals surface area contributed by atoms with Crippen LogP contribution in [0.3, 0.4) is 0 Å². The largest absolute Gasteiger partial charge is 0.443 e. The van der Waals surface area contributed by atoms with E-state index < -0.39 is 5.60 Å². The van der Waals surface area contributed by atoms with Crippen molar-refractivity contribution in [1.82, 2.24) is 14.6 Å². The second-order valence-electron chi connectivity index (χ2n) is 7.49. The van der Waals surface area contributed by atoms with Gasteiger partial charge in [0, 0.05) is 18.0 Å². The summed E-state index contributed by atoms with van der Waals surface area (Å²) in [5, 5.41) is 4.72. The average Bonchev–Trinajstić information content (AvgIpc) is 2.75. The maximum atomic E-state index is 12.5. The molecule has 0 aliphatic carbocycles. The number of aromatic nitrogens is 3. The topological polar surface area (TPSA) is 59.7 Å². The molecular weight excluding hydrogens is 316 g/mol. The lowest BCUT2D eigenvalue weighted by Crippen LogP contribution is -2.44. The van der Waals surface area contributed by atoms with Crippen molar-refractivity contribution in [2.45, 2.75) is 52.1 Å². The summed E-state index contributed by atoms with van der Waals surface area (Å²) in [5.41, 5.74) is 1.63. The average molecular weight is 337 g/mol. The maximum absolute atomic E-state index is 12.5. The van der Waals surface area contributed by atoms with Crippen LogP contribution in [0.15, 0.2) is 12.3 Å². The van der Waals surface area contributed by atoms with Crippen LogP contribution < -0.4 is 4.90 Å². The predicted molar refractivity (Wildman–Crippen MR) is 89.2 cm³/mol. The molecule has 0 fully saturated rings. The molecule has 0 N–H and O–H groups in total. The number of amides is 1. The molecule has 0 saturated heterocycles. The van der Waals surface area contributed by atoms with Crippen molar-refractivity contribution in [3.63, 3.8) is 0 Å². The SMILES string of the molecule is CC(C)(C)OC(=O)N1CCC(C)(C)c2c1cnc1cc(Cl)nn21. The first-order chi connectivity index (χ1) is 10.6. The van der Waals surface area contributed by atoms with Gasteiger partial charge in [-0.3, -0.25) is 4.90 Å². The molecule has 0 bridgehead atoms.